The SMILES string of the molecule is CC1CC(C)CN(C(=O)COC(=O)CNC(=O)COc2ccccc2)C1. The third-order valence-electron chi connectivity index (χ3n) is 4.12. The second-order valence-corrected chi connectivity index (χ2v) is 6.78. The number of nitrogens with zero attached hydrogens (tertiary/aromatic N) is 1. The molecule has 2 atom stereocenters. The van der Waals surface area contributed by atoms with Crippen LogP contribution >= 0.6 is 0 Å². The van der Waals surface area contributed by atoms with Crippen molar-refractivity contribution in [1.82, 2.24) is 10.2 Å². The first-order valence-corrected chi connectivity index (χ1v) is 8.82. The molecule has 1 N–H and O–H groups in total. The summed E-state index contributed by atoms with van der Waals surface area (Å²) in [5.74, 6) is 0.182. The van der Waals surface area contributed by atoms with Gasteiger partial charge in [-0.2, -0.15) is 0 Å². The zero-order valence-corrected chi connectivity index (χ0v) is 15.3. The molecule has 0 aliphatic carbocycles. The van der Waals surface area contributed by atoms with Gasteiger partial charge in [-0.3, -0.25) is 14.4 Å². The van der Waals surface area contributed by atoms with E-state index in [-0.39, 0.29) is 25.7 Å². The molecule has 1 aliphatic rings. The van der Waals surface area contributed by atoms with E-state index in [1.807, 2.05) is 6.07 Å². The Balaban J connectivity index is 1.62. The second kappa shape index (κ2) is 9.79. The number of hydrogen-bond acceptors (Lipinski definition) is 5. The predicted molar refractivity (Wildman–Crippen MR) is 95.4 cm³/mol. The molecule has 142 valence electrons. The molecule has 0 aromatic heterocycles. The number of piperidine rings is 1. The molecular weight excluding hydrogens is 336 g/mol. The van der Waals surface area contributed by atoms with Crippen molar-refractivity contribution in [1.29, 1.82) is 0 Å². The van der Waals surface area contributed by atoms with Crippen LogP contribution in [0.5, 0.6) is 5.75 Å². The highest BCUT2D eigenvalue weighted by Gasteiger charge is 2.25. The summed E-state index contributed by atoms with van der Waals surface area (Å²) in [6.07, 6.45) is 1.10. The van der Waals surface area contributed by atoms with Crippen LogP contribution in [0.2, 0.25) is 0 Å². The molecule has 0 saturated carbocycles. The first kappa shape index (κ1) is 19.8. The Kier molecular flexibility index (Phi) is 7.44. The summed E-state index contributed by atoms with van der Waals surface area (Å²) >= 11 is 0. The first-order valence-electron chi connectivity index (χ1n) is 8.82. The quantitative estimate of drug-likeness (QED) is 0.738. The van der Waals surface area contributed by atoms with Crippen molar-refractivity contribution in [3.63, 3.8) is 0 Å². The number of benzene rings is 1. The van der Waals surface area contributed by atoms with Crippen molar-refractivity contribution < 1.29 is 23.9 Å². The maximum Gasteiger partial charge on any atom is 0.325 e. The number of hydrogen-bond donors (Lipinski definition) is 1. The predicted octanol–water partition coefficient (Wildman–Crippen LogP) is 1.23. The molecule has 2 rings (SSSR count). The highest BCUT2D eigenvalue weighted by Crippen LogP contribution is 2.20. The summed E-state index contributed by atoms with van der Waals surface area (Å²) in [5.41, 5.74) is 0. The van der Waals surface area contributed by atoms with E-state index < -0.39 is 11.9 Å². The number of carbonyl (C=O) groups is 3. The summed E-state index contributed by atoms with van der Waals surface area (Å²) in [6, 6.07) is 8.90. The van der Waals surface area contributed by atoms with Crippen molar-refractivity contribution >= 4 is 17.8 Å². The van der Waals surface area contributed by atoms with Gasteiger partial charge in [-0.25, -0.2) is 0 Å². The third kappa shape index (κ3) is 6.74. The number of likely N-dealkylation sites (tertiary alicyclic amines) is 1. The summed E-state index contributed by atoms with van der Waals surface area (Å²) in [6.45, 7) is 4.80. The van der Waals surface area contributed by atoms with E-state index in [0.29, 0.717) is 30.7 Å². The molecule has 7 heteroatoms. The Bertz CT molecular complexity index is 610. The van der Waals surface area contributed by atoms with Gasteiger partial charge in [-0.15, -0.1) is 0 Å². The number of nitrogens with one attached hydrogen (secondary N) is 1. The zero-order valence-electron chi connectivity index (χ0n) is 15.3. The van der Waals surface area contributed by atoms with E-state index >= 15 is 0 Å². The van der Waals surface area contributed by atoms with Crippen LogP contribution in [-0.2, 0) is 19.1 Å². The largest absolute Gasteiger partial charge is 0.484 e. The lowest BCUT2D eigenvalue weighted by Crippen LogP contribution is -2.44. The smallest absolute Gasteiger partial charge is 0.325 e. The highest BCUT2D eigenvalue weighted by atomic mass is 16.5. The lowest BCUT2D eigenvalue weighted by Gasteiger charge is -2.34. The van der Waals surface area contributed by atoms with E-state index in [9.17, 15) is 14.4 Å². The van der Waals surface area contributed by atoms with Gasteiger partial charge in [0, 0.05) is 13.1 Å². The van der Waals surface area contributed by atoms with Crippen molar-refractivity contribution in [2.45, 2.75) is 20.3 Å². The lowest BCUT2D eigenvalue weighted by atomic mass is 9.92. The average molecular weight is 362 g/mol. The van der Waals surface area contributed by atoms with Gasteiger partial charge in [0.15, 0.2) is 13.2 Å². The Morgan fingerprint density at radius 3 is 2.38 bits per heavy atom. The van der Waals surface area contributed by atoms with Crippen LogP contribution in [0.15, 0.2) is 30.3 Å². The Labute approximate surface area is 153 Å². The molecular formula is C19H26N2O5. The minimum Gasteiger partial charge on any atom is -0.484 e. The standard InChI is InChI=1S/C19H26N2O5/c1-14-8-15(2)11-21(10-14)18(23)13-26-19(24)9-20-17(22)12-25-16-6-4-3-5-7-16/h3-7,14-15H,8-13H2,1-2H3,(H,20,22). The molecule has 1 saturated heterocycles. The van der Waals surface area contributed by atoms with Gasteiger partial charge in [0.05, 0.1) is 0 Å². The molecule has 26 heavy (non-hydrogen) atoms. The molecule has 1 aliphatic heterocycles. The van der Waals surface area contributed by atoms with Gasteiger partial charge in [0.2, 0.25) is 0 Å². The molecule has 1 heterocycles. The van der Waals surface area contributed by atoms with Crippen LogP contribution in [0.3, 0.4) is 0 Å². The lowest BCUT2D eigenvalue weighted by molar-refractivity contribution is -0.152. The van der Waals surface area contributed by atoms with Gasteiger partial charge in [-0.1, -0.05) is 32.0 Å². The fourth-order valence-corrected chi connectivity index (χ4v) is 3.04. The topological polar surface area (TPSA) is 84.9 Å². The number of carbonyl (C=O) groups excluding carboxylic acids is 3. The molecule has 0 radical (unpaired) electrons. The van der Waals surface area contributed by atoms with E-state index in [1.54, 1.807) is 29.2 Å². The van der Waals surface area contributed by atoms with Crippen LogP contribution in [0, 0.1) is 11.8 Å². The molecule has 2 amide bonds. The minimum atomic E-state index is -0.649. The van der Waals surface area contributed by atoms with Crippen molar-refractivity contribution in [3.8, 4) is 5.75 Å². The van der Waals surface area contributed by atoms with E-state index in [1.165, 1.54) is 0 Å². The van der Waals surface area contributed by atoms with Gasteiger partial charge in [0.25, 0.3) is 11.8 Å². The molecule has 2 unspecified atom stereocenters. The summed E-state index contributed by atoms with van der Waals surface area (Å²) in [7, 11) is 0. The monoisotopic (exact) mass is 362 g/mol. The number of ether oxygens (including phenoxy) is 2. The molecule has 0 spiro atoms. The van der Waals surface area contributed by atoms with Gasteiger partial charge in [-0.05, 0) is 30.4 Å². The highest BCUT2D eigenvalue weighted by molar-refractivity contribution is 5.84. The molecule has 1 aromatic rings. The maximum absolute atomic E-state index is 12.1. The second-order valence-electron chi connectivity index (χ2n) is 6.78. The van der Waals surface area contributed by atoms with Crippen molar-refractivity contribution in [2.75, 3.05) is 32.8 Å². The zero-order chi connectivity index (χ0) is 18.9. The Hall–Kier alpha value is -2.57. The van der Waals surface area contributed by atoms with Gasteiger partial charge < -0.3 is 19.7 Å². The van der Waals surface area contributed by atoms with Crippen molar-refractivity contribution in [2.24, 2.45) is 11.8 Å². The number of esters is 1. The van der Waals surface area contributed by atoms with E-state index in [0.717, 1.165) is 6.42 Å². The normalized spacial score (nSPS) is 19.5. The van der Waals surface area contributed by atoms with Crippen molar-refractivity contribution in [3.05, 3.63) is 30.3 Å². The summed E-state index contributed by atoms with van der Waals surface area (Å²) in [5, 5.41) is 2.41. The van der Waals surface area contributed by atoms with Gasteiger partial charge in [0.1, 0.15) is 12.3 Å². The van der Waals surface area contributed by atoms with Crippen LogP contribution in [0.4, 0.5) is 0 Å². The fourth-order valence-electron chi connectivity index (χ4n) is 3.04. The Morgan fingerprint density at radius 2 is 1.73 bits per heavy atom. The van der Waals surface area contributed by atoms with Crippen LogP contribution < -0.4 is 10.1 Å². The third-order valence-corrected chi connectivity index (χ3v) is 4.12. The first-order chi connectivity index (χ1) is 12.4. The fraction of sp³-hybridized carbons (Fsp3) is 0.526. The Morgan fingerprint density at radius 1 is 1.08 bits per heavy atom. The summed E-state index contributed by atoms with van der Waals surface area (Å²) < 4.78 is 10.2. The molecule has 0 bridgehead atoms. The van der Waals surface area contributed by atoms with Crippen LogP contribution in [-0.4, -0.2) is 55.5 Å². The number of para-hydroxylation sites is 1. The van der Waals surface area contributed by atoms with Crippen LogP contribution in [0.25, 0.3) is 0 Å². The minimum absolute atomic E-state index is 0.195. The number of rotatable bonds is 7. The van der Waals surface area contributed by atoms with Gasteiger partial charge >= 0.3 is 5.97 Å². The maximum atomic E-state index is 12.1. The molecule has 7 nitrogen and oxygen atoms in total. The van der Waals surface area contributed by atoms with E-state index in [4.69, 9.17) is 9.47 Å². The van der Waals surface area contributed by atoms with Crippen LogP contribution in [0.1, 0.15) is 20.3 Å². The van der Waals surface area contributed by atoms with E-state index in [2.05, 4.69) is 19.2 Å². The average Bonchev–Trinajstić information content (AvgIpc) is 2.62. The number of amides is 2. The molecule has 1 fully saturated rings. The summed E-state index contributed by atoms with van der Waals surface area (Å²) in [4.78, 5) is 37.2. The molecule has 1 aromatic carbocycles.